The largest absolute Gasteiger partial charge is 0.325 e. The van der Waals surface area contributed by atoms with Crippen LogP contribution in [0.4, 0.5) is 10.1 Å². The van der Waals surface area contributed by atoms with Crippen LogP contribution in [-0.4, -0.2) is 30.9 Å². The standard InChI is InChI=1S/C12H17FN2O/c1-4-11(15(2)3)12(16)14-10-7-5-6-9(13)8-10/h5-8,11H,4H2,1-3H3,(H,14,16). The lowest BCUT2D eigenvalue weighted by molar-refractivity contribution is -0.120. The van der Waals surface area contributed by atoms with Gasteiger partial charge in [0.25, 0.3) is 0 Å². The number of amides is 1. The van der Waals surface area contributed by atoms with Gasteiger partial charge in [-0.1, -0.05) is 13.0 Å². The van der Waals surface area contributed by atoms with E-state index in [4.69, 9.17) is 0 Å². The molecule has 0 bridgehead atoms. The zero-order valence-electron chi connectivity index (χ0n) is 9.83. The highest BCUT2D eigenvalue weighted by Crippen LogP contribution is 2.11. The Bertz CT molecular complexity index is 366. The van der Waals surface area contributed by atoms with Crippen LogP contribution in [0.3, 0.4) is 0 Å². The molecule has 0 aliphatic heterocycles. The van der Waals surface area contributed by atoms with Crippen molar-refractivity contribution in [2.75, 3.05) is 19.4 Å². The Morgan fingerprint density at radius 3 is 2.69 bits per heavy atom. The molecule has 3 nitrogen and oxygen atoms in total. The summed E-state index contributed by atoms with van der Waals surface area (Å²) >= 11 is 0. The summed E-state index contributed by atoms with van der Waals surface area (Å²) in [6.45, 7) is 1.94. The van der Waals surface area contributed by atoms with Gasteiger partial charge >= 0.3 is 0 Å². The minimum Gasteiger partial charge on any atom is -0.325 e. The number of nitrogens with zero attached hydrogens (tertiary/aromatic N) is 1. The Labute approximate surface area is 95.3 Å². The molecule has 88 valence electrons. The van der Waals surface area contributed by atoms with Crippen molar-refractivity contribution in [3.63, 3.8) is 0 Å². The predicted octanol–water partition coefficient (Wildman–Crippen LogP) is 2.10. The van der Waals surface area contributed by atoms with E-state index in [0.717, 1.165) is 0 Å². The fraction of sp³-hybridized carbons (Fsp3) is 0.417. The highest BCUT2D eigenvalue weighted by molar-refractivity contribution is 5.94. The Hall–Kier alpha value is -1.42. The van der Waals surface area contributed by atoms with Crippen LogP contribution in [0.5, 0.6) is 0 Å². The van der Waals surface area contributed by atoms with Gasteiger partial charge in [-0.3, -0.25) is 9.69 Å². The van der Waals surface area contributed by atoms with Crippen molar-refractivity contribution in [3.05, 3.63) is 30.1 Å². The van der Waals surface area contributed by atoms with Crippen LogP contribution >= 0.6 is 0 Å². The number of carbonyl (C=O) groups is 1. The van der Waals surface area contributed by atoms with E-state index < -0.39 is 0 Å². The highest BCUT2D eigenvalue weighted by Gasteiger charge is 2.18. The lowest BCUT2D eigenvalue weighted by Gasteiger charge is -2.21. The van der Waals surface area contributed by atoms with Crippen LogP contribution in [0.2, 0.25) is 0 Å². The summed E-state index contributed by atoms with van der Waals surface area (Å²) in [5.74, 6) is -0.464. The molecule has 0 aromatic heterocycles. The summed E-state index contributed by atoms with van der Waals surface area (Å²) in [5.41, 5.74) is 0.491. The molecule has 1 unspecified atom stereocenters. The van der Waals surface area contributed by atoms with Gasteiger partial charge in [0.1, 0.15) is 5.82 Å². The zero-order valence-corrected chi connectivity index (χ0v) is 9.83. The average molecular weight is 224 g/mol. The number of nitrogens with one attached hydrogen (secondary N) is 1. The topological polar surface area (TPSA) is 32.3 Å². The van der Waals surface area contributed by atoms with Crippen LogP contribution in [0.1, 0.15) is 13.3 Å². The molecule has 0 aliphatic rings. The Kier molecular flexibility index (Phi) is 4.43. The molecular weight excluding hydrogens is 207 g/mol. The second-order valence-corrected chi connectivity index (χ2v) is 3.89. The summed E-state index contributed by atoms with van der Waals surface area (Å²) in [6.07, 6.45) is 0.716. The van der Waals surface area contributed by atoms with Gasteiger partial charge in [0.2, 0.25) is 5.91 Å². The number of hydrogen-bond acceptors (Lipinski definition) is 2. The smallest absolute Gasteiger partial charge is 0.241 e. The molecule has 1 aromatic rings. The Balaban J connectivity index is 2.70. The molecule has 0 spiro atoms. The number of benzene rings is 1. The number of anilines is 1. The maximum atomic E-state index is 12.9. The molecule has 0 saturated heterocycles. The zero-order chi connectivity index (χ0) is 12.1. The fourth-order valence-electron chi connectivity index (χ4n) is 1.58. The molecule has 0 heterocycles. The van der Waals surface area contributed by atoms with Crippen molar-refractivity contribution in [1.82, 2.24) is 4.90 Å². The number of hydrogen-bond donors (Lipinski definition) is 1. The first-order valence-electron chi connectivity index (χ1n) is 5.27. The summed E-state index contributed by atoms with van der Waals surface area (Å²) in [7, 11) is 3.69. The van der Waals surface area contributed by atoms with Gasteiger partial charge in [0.15, 0.2) is 0 Å². The van der Waals surface area contributed by atoms with Gasteiger partial charge in [-0.15, -0.1) is 0 Å². The number of carbonyl (C=O) groups excluding carboxylic acids is 1. The first-order valence-corrected chi connectivity index (χ1v) is 5.27. The molecule has 0 radical (unpaired) electrons. The van der Waals surface area contributed by atoms with Gasteiger partial charge in [-0.25, -0.2) is 4.39 Å². The third kappa shape index (κ3) is 3.31. The van der Waals surface area contributed by atoms with Crippen LogP contribution in [0.25, 0.3) is 0 Å². The lowest BCUT2D eigenvalue weighted by Crippen LogP contribution is -2.39. The number of likely N-dealkylation sites (N-methyl/N-ethyl adjacent to an activating group) is 1. The first-order chi connectivity index (χ1) is 7.54. The maximum Gasteiger partial charge on any atom is 0.241 e. The summed E-state index contributed by atoms with van der Waals surface area (Å²) in [5, 5.41) is 2.69. The third-order valence-corrected chi connectivity index (χ3v) is 2.40. The third-order valence-electron chi connectivity index (χ3n) is 2.40. The van der Waals surface area contributed by atoms with Gasteiger partial charge in [-0.05, 0) is 38.7 Å². The summed E-state index contributed by atoms with van der Waals surface area (Å²) in [4.78, 5) is 13.7. The highest BCUT2D eigenvalue weighted by atomic mass is 19.1. The molecule has 0 saturated carbocycles. The summed E-state index contributed by atoms with van der Waals surface area (Å²) < 4.78 is 12.9. The summed E-state index contributed by atoms with van der Waals surface area (Å²) in [6, 6.07) is 5.70. The molecule has 1 rings (SSSR count). The maximum absolute atomic E-state index is 12.9. The van der Waals surface area contributed by atoms with E-state index in [1.54, 1.807) is 12.1 Å². The molecule has 1 N–H and O–H groups in total. The van der Waals surface area contributed by atoms with E-state index in [2.05, 4.69) is 5.32 Å². The predicted molar refractivity (Wildman–Crippen MR) is 62.8 cm³/mol. The first kappa shape index (κ1) is 12.6. The molecule has 1 amide bonds. The van der Waals surface area contributed by atoms with Gasteiger partial charge in [-0.2, -0.15) is 0 Å². The van der Waals surface area contributed by atoms with Crippen molar-refractivity contribution in [3.8, 4) is 0 Å². The van der Waals surface area contributed by atoms with Crippen molar-refractivity contribution >= 4 is 11.6 Å². The van der Waals surface area contributed by atoms with Crippen LogP contribution < -0.4 is 5.32 Å². The Morgan fingerprint density at radius 2 is 2.19 bits per heavy atom. The minimum atomic E-state index is -0.351. The number of halogens is 1. The van der Waals surface area contributed by atoms with Crippen LogP contribution in [0, 0.1) is 5.82 Å². The normalized spacial score (nSPS) is 12.6. The SMILES string of the molecule is CCC(C(=O)Nc1cccc(F)c1)N(C)C. The van der Waals surface area contributed by atoms with E-state index in [1.165, 1.54) is 12.1 Å². The lowest BCUT2D eigenvalue weighted by atomic mass is 10.2. The van der Waals surface area contributed by atoms with E-state index in [0.29, 0.717) is 12.1 Å². The fourth-order valence-corrected chi connectivity index (χ4v) is 1.58. The van der Waals surface area contributed by atoms with E-state index in [1.807, 2.05) is 25.9 Å². The second-order valence-electron chi connectivity index (χ2n) is 3.89. The molecule has 1 atom stereocenters. The van der Waals surface area contributed by atoms with E-state index in [-0.39, 0.29) is 17.8 Å². The minimum absolute atomic E-state index is 0.113. The van der Waals surface area contributed by atoms with Crippen molar-refractivity contribution in [2.24, 2.45) is 0 Å². The van der Waals surface area contributed by atoms with Gasteiger partial charge in [0.05, 0.1) is 6.04 Å². The van der Waals surface area contributed by atoms with Crippen molar-refractivity contribution in [1.29, 1.82) is 0 Å². The number of rotatable bonds is 4. The Morgan fingerprint density at radius 1 is 1.50 bits per heavy atom. The van der Waals surface area contributed by atoms with Crippen LogP contribution in [-0.2, 0) is 4.79 Å². The van der Waals surface area contributed by atoms with Gasteiger partial charge in [0, 0.05) is 5.69 Å². The van der Waals surface area contributed by atoms with Gasteiger partial charge < -0.3 is 5.32 Å². The van der Waals surface area contributed by atoms with E-state index >= 15 is 0 Å². The molecular formula is C12H17FN2O. The van der Waals surface area contributed by atoms with Crippen molar-refractivity contribution < 1.29 is 9.18 Å². The van der Waals surface area contributed by atoms with Crippen LogP contribution in [0.15, 0.2) is 24.3 Å². The van der Waals surface area contributed by atoms with Crippen molar-refractivity contribution in [2.45, 2.75) is 19.4 Å². The molecule has 1 aromatic carbocycles. The molecule has 0 fully saturated rings. The molecule has 4 heteroatoms. The van der Waals surface area contributed by atoms with E-state index in [9.17, 15) is 9.18 Å². The second kappa shape index (κ2) is 5.61. The monoisotopic (exact) mass is 224 g/mol. The quantitative estimate of drug-likeness (QED) is 0.849. The average Bonchev–Trinajstić information content (AvgIpc) is 2.17. The molecule has 16 heavy (non-hydrogen) atoms. The molecule has 0 aliphatic carbocycles.